The third-order valence-corrected chi connectivity index (χ3v) is 4.73. The molecule has 146 valence electrons. The molecule has 0 aromatic heterocycles. The lowest BCUT2D eigenvalue weighted by Crippen LogP contribution is -2.01. The molecule has 0 heterocycles. The Morgan fingerprint density at radius 3 is 2.42 bits per heavy atom. The summed E-state index contributed by atoms with van der Waals surface area (Å²) in [7, 11) is 0. The largest absolute Gasteiger partial charge is 0.396 e. The number of rotatable bonds is 15. The monoisotopic (exact) mass is 358 g/mol. The summed E-state index contributed by atoms with van der Waals surface area (Å²) in [6.45, 7) is 2.52. The Kier molecular flexibility index (Phi) is 13.8. The molecular formula is C24H38O2. The molecule has 0 bridgehead atoms. The van der Waals surface area contributed by atoms with Crippen molar-refractivity contribution in [3.05, 3.63) is 53.6 Å². The van der Waals surface area contributed by atoms with Crippen molar-refractivity contribution in [2.24, 2.45) is 0 Å². The van der Waals surface area contributed by atoms with Gasteiger partial charge < -0.3 is 10.2 Å². The summed E-state index contributed by atoms with van der Waals surface area (Å²) in [4.78, 5) is 0. The summed E-state index contributed by atoms with van der Waals surface area (Å²) in [5, 5.41) is 18.9. The van der Waals surface area contributed by atoms with Gasteiger partial charge >= 0.3 is 0 Å². The lowest BCUT2D eigenvalue weighted by Gasteiger charge is -2.06. The third-order valence-electron chi connectivity index (χ3n) is 4.73. The smallest absolute Gasteiger partial charge is 0.0723 e. The highest BCUT2D eigenvalue weighted by Gasteiger charge is 2.00. The van der Waals surface area contributed by atoms with E-state index in [1.165, 1.54) is 43.2 Å². The molecule has 0 unspecified atom stereocenters. The molecule has 1 atom stereocenters. The van der Waals surface area contributed by atoms with Gasteiger partial charge in [0.2, 0.25) is 0 Å². The summed E-state index contributed by atoms with van der Waals surface area (Å²) in [5.41, 5.74) is 2.59. The zero-order chi connectivity index (χ0) is 18.9. The van der Waals surface area contributed by atoms with Gasteiger partial charge in [0.25, 0.3) is 0 Å². The molecule has 0 aliphatic carbocycles. The van der Waals surface area contributed by atoms with E-state index in [0.717, 1.165) is 38.5 Å². The highest BCUT2D eigenvalue weighted by molar-refractivity contribution is 5.55. The fourth-order valence-electron chi connectivity index (χ4n) is 3.11. The Balaban J connectivity index is 2.32. The fraction of sp³-hybridized carbons (Fsp3) is 0.583. The van der Waals surface area contributed by atoms with E-state index < -0.39 is 0 Å². The van der Waals surface area contributed by atoms with Crippen LogP contribution >= 0.6 is 0 Å². The van der Waals surface area contributed by atoms with Crippen LogP contribution in [0.2, 0.25) is 0 Å². The number of allylic oxidation sites excluding steroid dienone is 2. The van der Waals surface area contributed by atoms with Gasteiger partial charge in [-0.3, -0.25) is 0 Å². The number of unbranched alkanes of at least 4 members (excludes halogenated alkanes) is 7. The van der Waals surface area contributed by atoms with Crippen LogP contribution in [0.4, 0.5) is 0 Å². The predicted octanol–water partition coefficient (Wildman–Crippen LogP) is 6.07. The lowest BCUT2D eigenvalue weighted by molar-refractivity contribution is 0.208. The molecule has 1 rings (SSSR count). The molecule has 1 aromatic rings. The van der Waals surface area contributed by atoms with Gasteiger partial charge in [-0.2, -0.15) is 0 Å². The third kappa shape index (κ3) is 11.3. The maximum atomic E-state index is 10.0. The maximum Gasteiger partial charge on any atom is 0.0723 e. The van der Waals surface area contributed by atoms with Gasteiger partial charge in [-0.1, -0.05) is 100 Å². The van der Waals surface area contributed by atoms with E-state index in [1.807, 2.05) is 18.2 Å². The van der Waals surface area contributed by atoms with Gasteiger partial charge in [0.05, 0.1) is 6.10 Å². The SMILES string of the molecule is CCCCCCCC[C@H](O)/C=C/C=C/c1ccccc1CCCCCO. The van der Waals surface area contributed by atoms with Crippen molar-refractivity contribution in [1.29, 1.82) is 0 Å². The first-order chi connectivity index (χ1) is 12.8. The van der Waals surface area contributed by atoms with Crippen LogP contribution in [0.5, 0.6) is 0 Å². The Morgan fingerprint density at radius 2 is 1.62 bits per heavy atom. The van der Waals surface area contributed by atoms with Crippen molar-refractivity contribution < 1.29 is 10.2 Å². The summed E-state index contributed by atoms with van der Waals surface area (Å²) in [6, 6.07) is 8.46. The summed E-state index contributed by atoms with van der Waals surface area (Å²) in [6.07, 6.45) is 20.2. The van der Waals surface area contributed by atoms with Crippen molar-refractivity contribution in [1.82, 2.24) is 0 Å². The first-order valence-electron chi connectivity index (χ1n) is 10.5. The van der Waals surface area contributed by atoms with Gasteiger partial charge in [-0.25, -0.2) is 0 Å². The maximum absolute atomic E-state index is 10.0. The van der Waals surface area contributed by atoms with E-state index in [2.05, 4.69) is 37.3 Å². The molecule has 0 saturated carbocycles. The summed E-state index contributed by atoms with van der Waals surface area (Å²) in [5.74, 6) is 0. The predicted molar refractivity (Wildman–Crippen MR) is 113 cm³/mol. The highest BCUT2D eigenvalue weighted by Crippen LogP contribution is 2.15. The van der Waals surface area contributed by atoms with E-state index in [0.29, 0.717) is 0 Å². The lowest BCUT2D eigenvalue weighted by atomic mass is 10.0. The number of aliphatic hydroxyl groups is 2. The Hall–Kier alpha value is -1.38. The van der Waals surface area contributed by atoms with Crippen LogP contribution in [0.3, 0.4) is 0 Å². The molecule has 0 aliphatic rings. The second-order valence-corrected chi connectivity index (χ2v) is 7.10. The molecule has 0 saturated heterocycles. The van der Waals surface area contributed by atoms with E-state index in [9.17, 15) is 5.11 Å². The molecule has 0 spiro atoms. The minimum atomic E-state index is -0.334. The second-order valence-electron chi connectivity index (χ2n) is 7.10. The van der Waals surface area contributed by atoms with E-state index in [1.54, 1.807) is 0 Å². The average Bonchev–Trinajstić information content (AvgIpc) is 2.66. The second kappa shape index (κ2) is 15.8. The van der Waals surface area contributed by atoms with Crippen molar-refractivity contribution in [2.45, 2.75) is 83.7 Å². The molecule has 1 aromatic carbocycles. The van der Waals surface area contributed by atoms with Gasteiger partial charge in [0, 0.05) is 6.61 Å². The standard InChI is InChI=1S/C24H38O2/c1-2-3-4-5-6-9-19-24(26)20-13-12-18-23-17-11-10-16-22(23)15-8-7-14-21-25/h10-13,16-18,20,24-26H,2-9,14-15,19,21H2,1H3/b18-12+,20-13+/t24-/m0/s1. The normalized spacial score (nSPS) is 13.0. The Bertz CT molecular complexity index is 505. The number of hydrogen-bond donors (Lipinski definition) is 2. The number of hydrogen-bond acceptors (Lipinski definition) is 2. The van der Waals surface area contributed by atoms with Crippen molar-refractivity contribution in [3.63, 3.8) is 0 Å². The summed E-state index contributed by atoms with van der Waals surface area (Å²) < 4.78 is 0. The fourth-order valence-corrected chi connectivity index (χ4v) is 3.11. The number of aliphatic hydroxyl groups excluding tert-OH is 2. The molecule has 0 amide bonds. The zero-order valence-electron chi connectivity index (χ0n) is 16.6. The molecule has 26 heavy (non-hydrogen) atoms. The minimum absolute atomic E-state index is 0.285. The number of benzene rings is 1. The van der Waals surface area contributed by atoms with Crippen molar-refractivity contribution >= 4 is 6.08 Å². The van der Waals surface area contributed by atoms with E-state index >= 15 is 0 Å². The highest BCUT2D eigenvalue weighted by atomic mass is 16.3. The molecule has 2 nitrogen and oxygen atoms in total. The van der Waals surface area contributed by atoms with Gasteiger partial charge in [0.1, 0.15) is 0 Å². The molecule has 0 fully saturated rings. The molecule has 2 N–H and O–H groups in total. The van der Waals surface area contributed by atoms with Crippen LogP contribution in [-0.4, -0.2) is 22.9 Å². The van der Waals surface area contributed by atoms with Crippen molar-refractivity contribution in [2.75, 3.05) is 6.61 Å². The van der Waals surface area contributed by atoms with Crippen molar-refractivity contribution in [3.8, 4) is 0 Å². The Labute approximate surface area is 160 Å². The molecule has 2 heteroatoms. The number of aryl methyl sites for hydroxylation is 1. The van der Waals surface area contributed by atoms with Crippen LogP contribution in [0, 0.1) is 0 Å². The van der Waals surface area contributed by atoms with Gasteiger partial charge in [-0.05, 0) is 36.8 Å². The minimum Gasteiger partial charge on any atom is -0.396 e. The van der Waals surface area contributed by atoms with Crippen LogP contribution in [0.15, 0.2) is 42.5 Å². The van der Waals surface area contributed by atoms with Crippen LogP contribution in [0.1, 0.15) is 82.3 Å². The zero-order valence-corrected chi connectivity index (χ0v) is 16.6. The average molecular weight is 359 g/mol. The molecule has 0 radical (unpaired) electrons. The topological polar surface area (TPSA) is 40.5 Å². The quantitative estimate of drug-likeness (QED) is 0.295. The van der Waals surface area contributed by atoms with E-state index in [4.69, 9.17) is 5.11 Å². The first kappa shape index (κ1) is 22.7. The summed E-state index contributed by atoms with van der Waals surface area (Å²) >= 11 is 0. The van der Waals surface area contributed by atoms with Crippen LogP contribution < -0.4 is 0 Å². The first-order valence-corrected chi connectivity index (χ1v) is 10.5. The van der Waals surface area contributed by atoms with Gasteiger partial charge in [-0.15, -0.1) is 0 Å². The van der Waals surface area contributed by atoms with E-state index in [-0.39, 0.29) is 12.7 Å². The van der Waals surface area contributed by atoms with Crippen LogP contribution in [-0.2, 0) is 6.42 Å². The Morgan fingerprint density at radius 1 is 0.885 bits per heavy atom. The van der Waals surface area contributed by atoms with Crippen LogP contribution in [0.25, 0.3) is 6.08 Å². The van der Waals surface area contributed by atoms with Gasteiger partial charge in [0.15, 0.2) is 0 Å². The molecular weight excluding hydrogens is 320 g/mol. The molecule has 0 aliphatic heterocycles.